The van der Waals surface area contributed by atoms with E-state index in [4.69, 9.17) is 0 Å². The summed E-state index contributed by atoms with van der Waals surface area (Å²) in [5.41, 5.74) is -0.00588. The predicted octanol–water partition coefficient (Wildman–Crippen LogP) is 4.54. The summed E-state index contributed by atoms with van der Waals surface area (Å²) in [6.45, 7) is 4.31. The van der Waals surface area contributed by atoms with E-state index < -0.39 is 11.7 Å². The van der Waals surface area contributed by atoms with Gasteiger partial charge >= 0.3 is 6.18 Å². The lowest BCUT2D eigenvalue weighted by atomic mass is 9.98. The lowest BCUT2D eigenvalue weighted by Crippen LogP contribution is -2.30. The molecule has 0 saturated heterocycles. The minimum absolute atomic E-state index is 0.0144. The lowest BCUT2D eigenvalue weighted by Gasteiger charge is -2.15. The van der Waals surface area contributed by atoms with Crippen LogP contribution in [-0.4, -0.2) is 5.91 Å². The van der Waals surface area contributed by atoms with Crippen LogP contribution >= 0.6 is 0 Å². The van der Waals surface area contributed by atoms with Gasteiger partial charge in [0.2, 0.25) is 5.91 Å². The fourth-order valence-corrected chi connectivity index (χ4v) is 2.12. The Morgan fingerprint density at radius 3 is 2.29 bits per heavy atom. The van der Waals surface area contributed by atoms with Gasteiger partial charge < -0.3 is 5.32 Å². The van der Waals surface area contributed by atoms with Crippen molar-refractivity contribution in [3.05, 3.63) is 35.4 Å². The monoisotopic (exact) mass is 301 g/mol. The highest BCUT2D eigenvalue weighted by Gasteiger charge is 2.29. The van der Waals surface area contributed by atoms with Crippen molar-refractivity contribution in [1.82, 2.24) is 5.32 Å². The van der Waals surface area contributed by atoms with E-state index in [9.17, 15) is 18.0 Å². The van der Waals surface area contributed by atoms with E-state index in [1.54, 1.807) is 0 Å². The summed E-state index contributed by atoms with van der Waals surface area (Å²) >= 11 is 0. The molecule has 1 atom stereocenters. The Morgan fingerprint density at radius 1 is 1.19 bits per heavy atom. The number of carbonyl (C=O) groups excluding carboxylic acids is 1. The minimum Gasteiger partial charge on any atom is -0.352 e. The third-order valence-corrected chi connectivity index (χ3v) is 3.52. The fraction of sp³-hybridized carbons (Fsp3) is 0.562. The number of hydrogen-bond acceptors (Lipinski definition) is 1. The molecule has 5 heteroatoms. The van der Waals surface area contributed by atoms with Crippen LogP contribution < -0.4 is 5.32 Å². The van der Waals surface area contributed by atoms with Crippen LogP contribution in [0.4, 0.5) is 13.2 Å². The van der Waals surface area contributed by atoms with Crippen molar-refractivity contribution in [1.29, 1.82) is 0 Å². The first-order valence-electron chi connectivity index (χ1n) is 7.32. The van der Waals surface area contributed by atoms with Crippen molar-refractivity contribution in [2.24, 2.45) is 5.92 Å². The quantitative estimate of drug-likeness (QED) is 0.787. The summed E-state index contributed by atoms with van der Waals surface area (Å²) < 4.78 is 37.3. The summed E-state index contributed by atoms with van der Waals surface area (Å²) in [4.78, 5) is 12.0. The van der Waals surface area contributed by atoms with E-state index in [1.165, 1.54) is 12.1 Å². The van der Waals surface area contributed by atoms with E-state index in [2.05, 4.69) is 12.2 Å². The van der Waals surface area contributed by atoms with Crippen LogP contribution in [0.5, 0.6) is 0 Å². The Hall–Kier alpha value is -1.52. The Kier molecular flexibility index (Phi) is 6.72. The van der Waals surface area contributed by atoms with Crippen LogP contribution in [-0.2, 0) is 17.5 Å². The summed E-state index contributed by atoms with van der Waals surface area (Å²) in [5, 5.41) is 2.80. The van der Waals surface area contributed by atoms with Gasteiger partial charge in [-0.2, -0.15) is 13.2 Å². The molecule has 1 N–H and O–H groups in total. The number of nitrogens with one attached hydrogen (secondary N) is 1. The second-order valence-corrected chi connectivity index (χ2v) is 5.16. The molecule has 0 spiro atoms. The van der Waals surface area contributed by atoms with Gasteiger partial charge in [0.15, 0.2) is 0 Å². The third-order valence-electron chi connectivity index (χ3n) is 3.52. The summed E-state index contributed by atoms with van der Waals surface area (Å²) in [7, 11) is 0. The molecule has 0 saturated carbocycles. The van der Waals surface area contributed by atoms with E-state index in [-0.39, 0.29) is 18.4 Å². The van der Waals surface area contributed by atoms with E-state index in [0.29, 0.717) is 5.56 Å². The molecule has 1 unspecified atom stereocenters. The number of amides is 1. The van der Waals surface area contributed by atoms with Crippen molar-refractivity contribution in [2.75, 3.05) is 0 Å². The molecule has 21 heavy (non-hydrogen) atoms. The molecule has 0 aromatic heterocycles. The molecule has 0 aliphatic carbocycles. The predicted molar refractivity (Wildman–Crippen MR) is 76.6 cm³/mol. The van der Waals surface area contributed by atoms with Crippen molar-refractivity contribution < 1.29 is 18.0 Å². The largest absolute Gasteiger partial charge is 0.416 e. The van der Waals surface area contributed by atoms with Gasteiger partial charge in [-0.05, 0) is 30.5 Å². The van der Waals surface area contributed by atoms with Crippen molar-refractivity contribution in [2.45, 2.75) is 52.3 Å². The average Bonchev–Trinajstić information content (AvgIpc) is 2.45. The molecule has 1 rings (SSSR count). The summed E-state index contributed by atoms with van der Waals surface area (Å²) in [5.74, 6) is -0.0368. The number of alkyl halides is 3. The number of benzene rings is 1. The van der Waals surface area contributed by atoms with Gasteiger partial charge in [-0.1, -0.05) is 38.8 Å². The van der Waals surface area contributed by atoms with Crippen LogP contribution in [0.2, 0.25) is 0 Å². The Morgan fingerprint density at radius 2 is 1.81 bits per heavy atom. The number of unbranched alkanes of at least 4 members (excludes halogenated alkanes) is 1. The van der Waals surface area contributed by atoms with Crippen molar-refractivity contribution in [3.63, 3.8) is 0 Å². The first-order valence-corrected chi connectivity index (χ1v) is 7.32. The summed E-state index contributed by atoms with van der Waals surface area (Å²) in [6, 6.07) is 4.87. The van der Waals surface area contributed by atoms with E-state index in [1.807, 2.05) is 6.92 Å². The summed E-state index contributed by atoms with van der Waals surface area (Å²) in [6.07, 6.45) is -0.644. The van der Waals surface area contributed by atoms with Crippen LogP contribution in [0.25, 0.3) is 0 Å². The molecule has 0 bridgehead atoms. The van der Waals surface area contributed by atoms with Gasteiger partial charge in [-0.25, -0.2) is 0 Å². The Labute approximate surface area is 123 Å². The average molecular weight is 301 g/mol. The topological polar surface area (TPSA) is 29.1 Å². The maximum atomic E-state index is 12.4. The Balaban J connectivity index is 2.52. The normalized spacial score (nSPS) is 13.0. The third kappa shape index (κ3) is 5.78. The van der Waals surface area contributed by atoms with Crippen molar-refractivity contribution in [3.8, 4) is 0 Å². The number of carbonyl (C=O) groups is 1. The molecule has 2 nitrogen and oxygen atoms in total. The van der Waals surface area contributed by atoms with E-state index >= 15 is 0 Å². The van der Waals surface area contributed by atoms with Gasteiger partial charge in [0.25, 0.3) is 0 Å². The molecule has 0 heterocycles. The molecule has 0 fully saturated rings. The minimum atomic E-state index is -4.32. The van der Waals surface area contributed by atoms with Gasteiger partial charge in [0, 0.05) is 12.5 Å². The first-order chi connectivity index (χ1) is 9.88. The van der Waals surface area contributed by atoms with Gasteiger partial charge in [0.1, 0.15) is 0 Å². The molecule has 118 valence electrons. The van der Waals surface area contributed by atoms with Crippen molar-refractivity contribution >= 4 is 5.91 Å². The number of rotatable bonds is 7. The molecule has 1 amide bonds. The maximum absolute atomic E-state index is 12.4. The molecule has 0 radical (unpaired) electrons. The molecule has 1 aromatic carbocycles. The molecule has 0 aliphatic rings. The zero-order valence-electron chi connectivity index (χ0n) is 12.5. The highest BCUT2D eigenvalue weighted by atomic mass is 19.4. The van der Waals surface area contributed by atoms with Crippen LogP contribution in [0.3, 0.4) is 0 Å². The van der Waals surface area contributed by atoms with Crippen LogP contribution in [0.15, 0.2) is 24.3 Å². The second-order valence-electron chi connectivity index (χ2n) is 5.16. The highest BCUT2D eigenvalue weighted by molar-refractivity contribution is 5.78. The SMILES string of the molecule is CCCCC(CC)C(=O)NCc1ccc(C(F)(F)F)cc1. The maximum Gasteiger partial charge on any atom is 0.416 e. The van der Waals surface area contributed by atoms with E-state index in [0.717, 1.165) is 37.8 Å². The highest BCUT2D eigenvalue weighted by Crippen LogP contribution is 2.29. The smallest absolute Gasteiger partial charge is 0.352 e. The second kappa shape index (κ2) is 8.05. The molecule has 0 aliphatic heterocycles. The van der Waals surface area contributed by atoms with Gasteiger partial charge in [-0.15, -0.1) is 0 Å². The standard InChI is InChI=1S/C16H22F3NO/c1-3-5-6-13(4-2)15(21)20-11-12-7-9-14(10-8-12)16(17,18)19/h7-10,13H,3-6,11H2,1-2H3,(H,20,21). The molecular weight excluding hydrogens is 279 g/mol. The van der Waals surface area contributed by atoms with Crippen LogP contribution in [0.1, 0.15) is 50.7 Å². The van der Waals surface area contributed by atoms with Gasteiger partial charge in [-0.3, -0.25) is 4.79 Å². The molecule has 1 aromatic rings. The number of halogens is 3. The zero-order valence-corrected chi connectivity index (χ0v) is 12.5. The first kappa shape index (κ1) is 17.5. The van der Waals surface area contributed by atoms with Crippen LogP contribution in [0, 0.1) is 5.92 Å². The fourth-order valence-electron chi connectivity index (χ4n) is 2.12. The lowest BCUT2D eigenvalue weighted by molar-refractivity contribution is -0.137. The molecular formula is C16H22F3NO. The number of hydrogen-bond donors (Lipinski definition) is 1. The Bertz CT molecular complexity index is 440. The van der Waals surface area contributed by atoms with Gasteiger partial charge in [0.05, 0.1) is 5.56 Å². The zero-order chi connectivity index (χ0) is 15.9.